The number of rotatable bonds is 4. The molecule has 2 aliphatic rings. The summed E-state index contributed by atoms with van der Waals surface area (Å²) in [6.45, 7) is 2.69. The molecule has 0 amide bonds. The van der Waals surface area contributed by atoms with E-state index in [0.29, 0.717) is 5.41 Å². The van der Waals surface area contributed by atoms with Crippen LogP contribution in [0, 0.1) is 5.41 Å². The van der Waals surface area contributed by atoms with Crippen LogP contribution in [0.2, 0.25) is 0 Å². The van der Waals surface area contributed by atoms with Crippen molar-refractivity contribution in [2.75, 3.05) is 26.2 Å². The maximum absolute atomic E-state index is 12.1. The van der Waals surface area contributed by atoms with Gasteiger partial charge in [-0.3, -0.25) is 4.90 Å². The van der Waals surface area contributed by atoms with Gasteiger partial charge < -0.3 is 10.1 Å². The van der Waals surface area contributed by atoms with Crippen molar-refractivity contribution in [3.63, 3.8) is 0 Å². The fourth-order valence-corrected chi connectivity index (χ4v) is 3.56. The summed E-state index contributed by atoms with van der Waals surface area (Å²) in [5.41, 5.74) is 1.66. The maximum Gasteiger partial charge on any atom is 0.387 e. The maximum atomic E-state index is 12.1. The standard InChI is InChI=1S/C16H22F2N2O/c17-15(18)21-14-3-1-13(2-4-14)11-20-10-7-16(12-20)5-8-19-9-6-16/h1-4,15,19H,5-12H2. The molecule has 0 aromatic heterocycles. The molecule has 0 radical (unpaired) electrons. The Kier molecular flexibility index (Phi) is 4.40. The minimum atomic E-state index is -2.76. The molecule has 3 nitrogen and oxygen atoms in total. The Labute approximate surface area is 124 Å². The number of hydrogen-bond acceptors (Lipinski definition) is 3. The van der Waals surface area contributed by atoms with Crippen LogP contribution in [0.4, 0.5) is 8.78 Å². The summed E-state index contributed by atoms with van der Waals surface area (Å²) in [5, 5.41) is 3.43. The Balaban J connectivity index is 1.55. The third kappa shape index (κ3) is 3.71. The van der Waals surface area contributed by atoms with Gasteiger partial charge in [0.05, 0.1) is 0 Å². The Hall–Kier alpha value is -1.20. The molecular weight excluding hydrogens is 274 g/mol. The molecular formula is C16H22F2N2O. The van der Waals surface area contributed by atoms with Crippen LogP contribution in [0.1, 0.15) is 24.8 Å². The smallest absolute Gasteiger partial charge is 0.387 e. The van der Waals surface area contributed by atoms with E-state index in [0.717, 1.165) is 38.3 Å². The van der Waals surface area contributed by atoms with Gasteiger partial charge in [0, 0.05) is 13.1 Å². The minimum absolute atomic E-state index is 0.227. The van der Waals surface area contributed by atoms with E-state index in [1.165, 1.54) is 19.3 Å². The van der Waals surface area contributed by atoms with E-state index in [9.17, 15) is 8.78 Å². The highest BCUT2D eigenvalue weighted by atomic mass is 19.3. The fraction of sp³-hybridized carbons (Fsp3) is 0.625. The molecule has 116 valence electrons. The third-order valence-electron chi connectivity index (χ3n) is 4.74. The van der Waals surface area contributed by atoms with Crippen LogP contribution in [0.3, 0.4) is 0 Å². The lowest BCUT2D eigenvalue weighted by Crippen LogP contribution is -2.38. The van der Waals surface area contributed by atoms with E-state index in [4.69, 9.17) is 0 Å². The predicted octanol–water partition coefficient (Wildman–Crippen LogP) is 2.86. The van der Waals surface area contributed by atoms with Crippen molar-refractivity contribution in [1.29, 1.82) is 0 Å². The van der Waals surface area contributed by atoms with Crippen molar-refractivity contribution in [3.05, 3.63) is 29.8 Å². The van der Waals surface area contributed by atoms with Gasteiger partial charge in [0.25, 0.3) is 0 Å². The molecule has 1 aromatic rings. The van der Waals surface area contributed by atoms with Crippen molar-refractivity contribution in [2.24, 2.45) is 5.41 Å². The molecule has 0 bridgehead atoms. The number of likely N-dealkylation sites (tertiary alicyclic amines) is 1. The summed E-state index contributed by atoms with van der Waals surface area (Å²) in [4.78, 5) is 2.48. The SMILES string of the molecule is FC(F)Oc1ccc(CN2CCC3(CCNCC3)C2)cc1. The molecule has 2 saturated heterocycles. The van der Waals surface area contributed by atoms with Crippen LogP contribution in [0.15, 0.2) is 24.3 Å². The zero-order valence-corrected chi connectivity index (χ0v) is 12.2. The zero-order valence-electron chi connectivity index (χ0n) is 12.2. The first-order valence-electron chi connectivity index (χ1n) is 7.62. The van der Waals surface area contributed by atoms with Crippen molar-refractivity contribution in [1.82, 2.24) is 10.2 Å². The van der Waals surface area contributed by atoms with Gasteiger partial charge in [-0.05, 0) is 62.0 Å². The Morgan fingerprint density at radius 1 is 1.14 bits per heavy atom. The Morgan fingerprint density at radius 2 is 1.86 bits per heavy atom. The molecule has 1 N–H and O–H groups in total. The lowest BCUT2D eigenvalue weighted by Gasteiger charge is -2.33. The van der Waals surface area contributed by atoms with E-state index >= 15 is 0 Å². The van der Waals surface area contributed by atoms with E-state index in [-0.39, 0.29) is 5.75 Å². The second kappa shape index (κ2) is 6.28. The Morgan fingerprint density at radius 3 is 2.52 bits per heavy atom. The van der Waals surface area contributed by atoms with Gasteiger partial charge in [-0.15, -0.1) is 0 Å². The molecule has 0 unspecified atom stereocenters. The quantitative estimate of drug-likeness (QED) is 0.924. The number of alkyl halides is 2. The number of piperidine rings is 1. The van der Waals surface area contributed by atoms with Gasteiger partial charge in [-0.2, -0.15) is 8.78 Å². The third-order valence-corrected chi connectivity index (χ3v) is 4.74. The van der Waals surface area contributed by atoms with Crippen LogP contribution in [-0.2, 0) is 6.54 Å². The molecule has 5 heteroatoms. The van der Waals surface area contributed by atoms with Crippen LogP contribution >= 0.6 is 0 Å². The molecule has 0 aliphatic carbocycles. The summed E-state index contributed by atoms with van der Waals surface area (Å²) in [5.74, 6) is 0.227. The highest BCUT2D eigenvalue weighted by Crippen LogP contribution is 2.39. The van der Waals surface area contributed by atoms with Crippen molar-refractivity contribution < 1.29 is 13.5 Å². The first kappa shape index (κ1) is 14.7. The summed E-state index contributed by atoms with van der Waals surface area (Å²) in [6, 6.07) is 7.01. The summed E-state index contributed by atoms with van der Waals surface area (Å²) in [6.07, 6.45) is 3.82. The van der Waals surface area contributed by atoms with E-state index < -0.39 is 6.61 Å². The average molecular weight is 296 g/mol. The molecule has 21 heavy (non-hydrogen) atoms. The zero-order chi connectivity index (χ0) is 14.7. The van der Waals surface area contributed by atoms with Crippen molar-refractivity contribution >= 4 is 0 Å². The van der Waals surface area contributed by atoms with Gasteiger partial charge >= 0.3 is 6.61 Å². The van der Waals surface area contributed by atoms with Crippen LogP contribution < -0.4 is 10.1 Å². The van der Waals surface area contributed by atoms with Gasteiger partial charge in [0.15, 0.2) is 0 Å². The van der Waals surface area contributed by atoms with Crippen LogP contribution in [-0.4, -0.2) is 37.7 Å². The number of hydrogen-bond donors (Lipinski definition) is 1. The van der Waals surface area contributed by atoms with Crippen molar-refractivity contribution in [3.8, 4) is 5.75 Å². The number of halogens is 2. The van der Waals surface area contributed by atoms with Gasteiger partial charge in [0.1, 0.15) is 5.75 Å². The van der Waals surface area contributed by atoms with E-state index in [1.807, 2.05) is 12.1 Å². The fourth-order valence-electron chi connectivity index (χ4n) is 3.56. The Bertz CT molecular complexity index is 458. The lowest BCUT2D eigenvalue weighted by atomic mass is 9.78. The number of ether oxygens (including phenoxy) is 1. The summed E-state index contributed by atoms with van der Waals surface area (Å²) >= 11 is 0. The molecule has 3 rings (SSSR count). The molecule has 0 saturated carbocycles. The number of benzene rings is 1. The summed E-state index contributed by atoms with van der Waals surface area (Å²) in [7, 11) is 0. The summed E-state index contributed by atoms with van der Waals surface area (Å²) < 4.78 is 28.6. The molecule has 1 spiro atoms. The van der Waals surface area contributed by atoms with Crippen LogP contribution in [0.5, 0.6) is 5.75 Å². The van der Waals surface area contributed by atoms with Gasteiger partial charge in [-0.1, -0.05) is 12.1 Å². The predicted molar refractivity (Wildman–Crippen MR) is 77.5 cm³/mol. The van der Waals surface area contributed by atoms with Crippen molar-refractivity contribution in [2.45, 2.75) is 32.4 Å². The highest BCUT2D eigenvalue weighted by molar-refractivity contribution is 5.27. The number of nitrogens with zero attached hydrogens (tertiary/aromatic N) is 1. The van der Waals surface area contributed by atoms with E-state index in [1.54, 1.807) is 12.1 Å². The first-order chi connectivity index (χ1) is 10.2. The molecule has 1 aromatic carbocycles. The van der Waals surface area contributed by atoms with Crippen LogP contribution in [0.25, 0.3) is 0 Å². The largest absolute Gasteiger partial charge is 0.435 e. The van der Waals surface area contributed by atoms with Gasteiger partial charge in [0.2, 0.25) is 0 Å². The first-order valence-corrected chi connectivity index (χ1v) is 7.62. The molecule has 0 atom stereocenters. The highest BCUT2D eigenvalue weighted by Gasteiger charge is 2.38. The lowest BCUT2D eigenvalue weighted by molar-refractivity contribution is -0.0498. The minimum Gasteiger partial charge on any atom is -0.435 e. The molecule has 2 aliphatic heterocycles. The monoisotopic (exact) mass is 296 g/mol. The normalized spacial score (nSPS) is 22.0. The molecule has 2 heterocycles. The van der Waals surface area contributed by atoms with Gasteiger partial charge in [-0.25, -0.2) is 0 Å². The number of nitrogens with one attached hydrogen (secondary N) is 1. The topological polar surface area (TPSA) is 24.5 Å². The molecule has 2 fully saturated rings. The van der Waals surface area contributed by atoms with E-state index in [2.05, 4.69) is 15.0 Å². The second-order valence-corrected chi connectivity index (χ2v) is 6.23. The second-order valence-electron chi connectivity index (χ2n) is 6.23. The average Bonchev–Trinajstić information content (AvgIpc) is 2.84.